The van der Waals surface area contributed by atoms with Crippen LogP contribution in [0.2, 0.25) is 0 Å². The monoisotopic (exact) mass is 408 g/mol. The lowest BCUT2D eigenvalue weighted by Crippen LogP contribution is -2.41. The van der Waals surface area contributed by atoms with Gasteiger partial charge < -0.3 is 20.2 Å². The fourth-order valence-corrected chi connectivity index (χ4v) is 3.46. The number of hydrogen-bond acceptors (Lipinski definition) is 7. The molecule has 1 atom stereocenters. The zero-order chi connectivity index (χ0) is 21.3. The number of rotatable bonds is 6. The molecule has 30 heavy (non-hydrogen) atoms. The maximum Gasteiger partial charge on any atom is 0.261 e. The van der Waals surface area contributed by atoms with Gasteiger partial charge in [-0.1, -0.05) is 18.2 Å². The summed E-state index contributed by atoms with van der Waals surface area (Å²) < 4.78 is 7.06. The number of nitrogens with zero attached hydrogens (tertiary/aromatic N) is 4. The predicted octanol–water partition coefficient (Wildman–Crippen LogP) is 1.64. The molecule has 0 saturated heterocycles. The Labute approximate surface area is 174 Å². The number of fused-ring (bicyclic) bond motifs is 1. The number of amides is 1. The van der Waals surface area contributed by atoms with Gasteiger partial charge in [-0.05, 0) is 26.0 Å². The first-order valence-electron chi connectivity index (χ1n) is 9.55. The van der Waals surface area contributed by atoms with E-state index in [0.717, 1.165) is 5.56 Å². The molecule has 1 amide bonds. The number of aliphatic hydroxyl groups is 1. The van der Waals surface area contributed by atoms with Crippen LogP contribution in [0.4, 0.5) is 0 Å². The molecule has 4 rings (SSSR count). The third kappa shape index (κ3) is 3.98. The number of carbonyl (C=O) groups is 1. The quantitative estimate of drug-likeness (QED) is 0.570. The summed E-state index contributed by atoms with van der Waals surface area (Å²) in [4.78, 5) is 17.3. The van der Waals surface area contributed by atoms with E-state index in [-0.39, 0.29) is 11.9 Å². The second kappa shape index (κ2) is 7.77. The van der Waals surface area contributed by atoms with Gasteiger partial charge in [0, 0.05) is 24.2 Å². The number of hydrazine groups is 1. The van der Waals surface area contributed by atoms with Crippen LogP contribution in [0.15, 0.2) is 60.8 Å². The lowest BCUT2D eigenvalue weighted by atomic mass is 10.0. The lowest BCUT2D eigenvalue weighted by Gasteiger charge is -2.27. The Morgan fingerprint density at radius 1 is 1.33 bits per heavy atom. The average molecular weight is 408 g/mol. The SMILES string of the molecule is COc1ccccc1C1NN(CC(C)(C)O)C=C1NC(=O)c1cnn2cccnc12. The molecule has 3 N–H and O–H groups in total. The summed E-state index contributed by atoms with van der Waals surface area (Å²) in [6.07, 6.45) is 6.63. The van der Waals surface area contributed by atoms with Crippen molar-refractivity contribution in [2.45, 2.75) is 25.5 Å². The smallest absolute Gasteiger partial charge is 0.261 e. The van der Waals surface area contributed by atoms with E-state index in [2.05, 4.69) is 20.8 Å². The zero-order valence-corrected chi connectivity index (χ0v) is 17.0. The third-order valence-corrected chi connectivity index (χ3v) is 4.69. The van der Waals surface area contributed by atoms with Crippen molar-refractivity contribution in [1.29, 1.82) is 0 Å². The minimum atomic E-state index is -0.930. The van der Waals surface area contributed by atoms with Gasteiger partial charge >= 0.3 is 0 Å². The Balaban J connectivity index is 1.65. The Kier molecular flexibility index (Phi) is 5.15. The minimum Gasteiger partial charge on any atom is -0.496 e. The van der Waals surface area contributed by atoms with E-state index in [0.29, 0.717) is 29.2 Å². The van der Waals surface area contributed by atoms with Gasteiger partial charge in [0.25, 0.3) is 5.91 Å². The van der Waals surface area contributed by atoms with E-state index in [4.69, 9.17) is 4.74 Å². The number of nitrogens with one attached hydrogen (secondary N) is 2. The van der Waals surface area contributed by atoms with Crippen molar-refractivity contribution in [3.8, 4) is 5.75 Å². The van der Waals surface area contributed by atoms with Crippen molar-refractivity contribution in [3.63, 3.8) is 0 Å². The van der Waals surface area contributed by atoms with Gasteiger partial charge in [0.15, 0.2) is 5.65 Å². The van der Waals surface area contributed by atoms with Gasteiger partial charge in [0.1, 0.15) is 11.3 Å². The van der Waals surface area contributed by atoms with E-state index in [1.54, 1.807) is 55.1 Å². The van der Waals surface area contributed by atoms with Crippen molar-refractivity contribution >= 4 is 11.6 Å². The van der Waals surface area contributed by atoms with Crippen LogP contribution in [0, 0.1) is 0 Å². The molecular weight excluding hydrogens is 384 g/mol. The fourth-order valence-electron chi connectivity index (χ4n) is 3.46. The minimum absolute atomic E-state index is 0.318. The molecule has 1 aliphatic rings. The molecule has 1 aliphatic heterocycles. The number of aromatic nitrogens is 3. The van der Waals surface area contributed by atoms with Crippen molar-refractivity contribution in [2.24, 2.45) is 0 Å². The summed E-state index contributed by atoms with van der Waals surface area (Å²) in [5.74, 6) is 0.375. The number of ether oxygens (including phenoxy) is 1. The summed E-state index contributed by atoms with van der Waals surface area (Å²) >= 11 is 0. The van der Waals surface area contributed by atoms with Crippen LogP contribution < -0.4 is 15.5 Å². The van der Waals surface area contributed by atoms with E-state index < -0.39 is 5.60 Å². The first-order valence-corrected chi connectivity index (χ1v) is 9.55. The molecule has 2 aromatic heterocycles. The van der Waals surface area contributed by atoms with Crippen LogP contribution in [-0.2, 0) is 0 Å². The summed E-state index contributed by atoms with van der Waals surface area (Å²) in [5.41, 5.74) is 4.74. The first-order chi connectivity index (χ1) is 14.4. The molecule has 1 unspecified atom stereocenters. The van der Waals surface area contributed by atoms with Crippen LogP contribution in [0.5, 0.6) is 5.75 Å². The van der Waals surface area contributed by atoms with Crippen molar-refractivity contribution < 1.29 is 14.6 Å². The fraction of sp³-hybridized carbons (Fsp3) is 0.286. The maximum absolute atomic E-state index is 13.0. The number of methoxy groups -OCH3 is 1. The molecule has 3 heterocycles. The highest BCUT2D eigenvalue weighted by Gasteiger charge is 2.32. The molecule has 9 heteroatoms. The lowest BCUT2D eigenvalue weighted by molar-refractivity contribution is 0.0376. The summed E-state index contributed by atoms with van der Waals surface area (Å²) in [7, 11) is 1.61. The largest absolute Gasteiger partial charge is 0.496 e. The molecule has 3 aromatic rings. The van der Waals surface area contributed by atoms with E-state index >= 15 is 0 Å². The molecule has 0 radical (unpaired) electrons. The van der Waals surface area contributed by atoms with Crippen molar-refractivity contribution in [3.05, 3.63) is 71.9 Å². The number of hydrogen-bond donors (Lipinski definition) is 3. The van der Waals surface area contributed by atoms with Crippen molar-refractivity contribution in [1.82, 2.24) is 30.3 Å². The normalized spacial score (nSPS) is 16.6. The van der Waals surface area contributed by atoms with Crippen molar-refractivity contribution in [2.75, 3.05) is 13.7 Å². The summed E-state index contributed by atoms with van der Waals surface area (Å²) in [6.45, 7) is 3.78. The molecule has 1 aromatic carbocycles. The highest BCUT2D eigenvalue weighted by Crippen LogP contribution is 2.33. The Morgan fingerprint density at radius 3 is 2.90 bits per heavy atom. The molecular formula is C21H24N6O3. The first kappa shape index (κ1) is 19.9. The third-order valence-electron chi connectivity index (χ3n) is 4.69. The van der Waals surface area contributed by atoms with Crippen LogP contribution in [0.1, 0.15) is 35.8 Å². The zero-order valence-electron chi connectivity index (χ0n) is 17.0. The van der Waals surface area contributed by atoms with Gasteiger partial charge in [0.05, 0.1) is 37.2 Å². The Hall–Kier alpha value is -3.43. The Bertz CT molecular complexity index is 1100. The molecule has 0 fully saturated rings. The second-order valence-corrected chi connectivity index (χ2v) is 7.73. The maximum atomic E-state index is 13.0. The average Bonchev–Trinajstić information content (AvgIpc) is 3.30. The number of carbonyl (C=O) groups excluding carboxylic acids is 1. The highest BCUT2D eigenvalue weighted by molar-refractivity contribution is 6.00. The molecule has 0 saturated carbocycles. The van der Waals surface area contributed by atoms with Gasteiger partial charge in [-0.15, -0.1) is 0 Å². The second-order valence-electron chi connectivity index (χ2n) is 7.73. The van der Waals surface area contributed by atoms with Crippen LogP contribution in [0.3, 0.4) is 0 Å². The van der Waals surface area contributed by atoms with Crippen LogP contribution in [0.25, 0.3) is 5.65 Å². The van der Waals surface area contributed by atoms with E-state index in [1.165, 1.54) is 6.20 Å². The van der Waals surface area contributed by atoms with Gasteiger partial charge in [0.2, 0.25) is 0 Å². The highest BCUT2D eigenvalue weighted by atomic mass is 16.5. The van der Waals surface area contributed by atoms with Gasteiger partial charge in [-0.2, -0.15) is 5.10 Å². The molecule has 9 nitrogen and oxygen atoms in total. The summed E-state index contributed by atoms with van der Waals surface area (Å²) in [6, 6.07) is 8.98. The molecule has 156 valence electrons. The molecule has 0 spiro atoms. The van der Waals surface area contributed by atoms with E-state index in [9.17, 15) is 9.90 Å². The predicted molar refractivity (Wildman–Crippen MR) is 110 cm³/mol. The topological polar surface area (TPSA) is 104 Å². The Morgan fingerprint density at radius 2 is 2.13 bits per heavy atom. The number of para-hydroxylation sites is 1. The summed E-state index contributed by atoms with van der Waals surface area (Å²) in [5, 5.41) is 19.1. The standard InChI is InChI=1S/C21H24N6O3/c1-21(2,29)13-26-12-16(18(25-26)14-7-4-5-8-17(14)30-3)24-20(28)15-11-23-27-10-6-9-22-19(15)27/h4-12,18,25,29H,13H2,1-3H3,(H,24,28). The molecule has 0 aliphatic carbocycles. The van der Waals surface area contributed by atoms with Crippen LogP contribution in [-0.4, -0.2) is 49.9 Å². The van der Waals surface area contributed by atoms with Crippen LogP contribution >= 0.6 is 0 Å². The number of benzene rings is 1. The molecule has 0 bridgehead atoms. The van der Waals surface area contributed by atoms with Gasteiger partial charge in [-0.25, -0.2) is 14.9 Å². The van der Waals surface area contributed by atoms with Gasteiger partial charge in [-0.3, -0.25) is 4.79 Å². The number of β-amino-alcohol motifs (C(OH)–C–C–N with tert-alkyl or cyclic N) is 1. The van der Waals surface area contributed by atoms with E-state index in [1.807, 2.05) is 24.3 Å².